The van der Waals surface area contributed by atoms with Crippen molar-refractivity contribution in [3.63, 3.8) is 0 Å². The maximum Gasteiger partial charge on any atom is 0.124 e. The Labute approximate surface area is 119 Å². The molecule has 0 fully saturated rings. The van der Waals surface area contributed by atoms with E-state index in [9.17, 15) is 0 Å². The minimum Gasteiger partial charge on any atom is -0.493 e. The number of aryl methyl sites for hydroxylation is 1. The predicted octanol–water partition coefficient (Wildman–Crippen LogP) is 2.32. The van der Waals surface area contributed by atoms with Crippen LogP contribution in [0, 0.1) is 5.92 Å². The highest BCUT2D eigenvalue weighted by Gasteiger charge is 2.26. The normalized spacial score (nSPS) is 21.3. The SMILES string of the molecule is CC1COc2ccccc2C1NCCc1ccnn1C. The van der Waals surface area contributed by atoms with E-state index in [2.05, 4.69) is 41.6 Å². The molecule has 2 atom stereocenters. The third-order valence-electron chi connectivity index (χ3n) is 3.99. The topological polar surface area (TPSA) is 39.1 Å². The average Bonchev–Trinajstić information content (AvgIpc) is 2.87. The Balaban J connectivity index is 1.66. The van der Waals surface area contributed by atoms with Gasteiger partial charge in [0, 0.05) is 49.4 Å². The van der Waals surface area contributed by atoms with E-state index in [1.165, 1.54) is 11.3 Å². The number of hydrogen-bond acceptors (Lipinski definition) is 3. The van der Waals surface area contributed by atoms with Gasteiger partial charge in [-0.05, 0) is 12.1 Å². The van der Waals surface area contributed by atoms with Gasteiger partial charge < -0.3 is 10.1 Å². The minimum atomic E-state index is 0.369. The van der Waals surface area contributed by atoms with Crippen LogP contribution in [-0.2, 0) is 13.5 Å². The molecule has 0 aliphatic carbocycles. The highest BCUT2D eigenvalue weighted by Crippen LogP contribution is 2.34. The first-order chi connectivity index (χ1) is 9.75. The van der Waals surface area contributed by atoms with Crippen LogP contribution in [-0.4, -0.2) is 22.9 Å². The Kier molecular flexibility index (Phi) is 3.74. The van der Waals surface area contributed by atoms with Crippen molar-refractivity contribution < 1.29 is 4.74 Å². The van der Waals surface area contributed by atoms with Gasteiger partial charge in [-0.1, -0.05) is 25.1 Å². The molecule has 1 N–H and O–H groups in total. The molecule has 2 aromatic rings. The van der Waals surface area contributed by atoms with E-state index in [-0.39, 0.29) is 0 Å². The summed E-state index contributed by atoms with van der Waals surface area (Å²) in [6.45, 7) is 3.96. The molecular formula is C16H21N3O. The van der Waals surface area contributed by atoms with Crippen LogP contribution in [0.3, 0.4) is 0 Å². The molecule has 0 saturated heterocycles. The molecule has 0 saturated carbocycles. The molecule has 0 bridgehead atoms. The first kappa shape index (κ1) is 13.2. The lowest BCUT2D eigenvalue weighted by molar-refractivity contribution is 0.189. The third-order valence-corrected chi connectivity index (χ3v) is 3.99. The van der Waals surface area contributed by atoms with E-state index < -0.39 is 0 Å². The number of rotatable bonds is 4. The zero-order valence-corrected chi connectivity index (χ0v) is 12.0. The lowest BCUT2D eigenvalue weighted by atomic mass is 9.92. The van der Waals surface area contributed by atoms with Crippen molar-refractivity contribution in [3.8, 4) is 5.75 Å². The van der Waals surface area contributed by atoms with Gasteiger partial charge in [-0.15, -0.1) is 0 Å². The van der Waals surface area contributed by atoms with Gasteiger partial charge in [0.2, 0.25) is 0 Å². The monoisotopic (exact) mass is 271 g/mol. The second kappa shape index (κ2) is 5.67. The number of ether oxygens (including phenoxy) is 1. The van der Waals surface area contributed by atoms with E-state index >= 15 is 0 Å². The standard InChI is InChI=1S/C16H21N3O/c1-12-11-20-15-6-4-3-5-14(15)16(12)17-9-7-13-8-10-18-19(13)2/h3-6,8,10,12,16-17H,7,9,11H2,1-2H3. The Hall–Kier alpha value is -1.81. The van der Waals surface area contributed by atoms with Gasteiger partial charge in [-0.3, -0.25) is 4.68 Å². The van der Waals surface area contributed by atoms with E-state index in [4.69, 9.17) is 4.74 Å². The van der Waals surface area contributed by atoms with Crippen LogP contribution in [0.5, 0.6) is 5.75 Å². The second-order valence-electron chi connectivity index (χ2n) is 5.45. The molecule has 1 aromatic carbocycles. The molecule has 1 aliphatic rings. The smallest absolute Gasteiger partial charge is 0.124 e. The molecule has 1 aliphatic heterocycles. The molecule has 0 amide bonds. The van der Waals surface area contributed by atoms with Crippen LogP contribution in [0.15, 0.2) is 36.5 Å². The Morgan fingerprint density at radius 1 is 1.35 bits per heavy atom. The van der Waals surface area contributed by atoms with Crippen LogP contribution in [0.4, 0.5) is 0 Å². The van der Waals surface area contributed by atoms with Crippen molar-refractivity contribution in [2.75, 3.05) is 13.2 Å². The summed E-state index contributed by atoms with van der Waals surface area (Å²) < 4.78 is 7.72. The van der Waals surface area contributed by atoms with Crippen LogP contribution in [0.25, 0.3) is 0 Å². The third kappa shape index (κ3) is 2.56. The van der Waals surface area contributed by atoms with Gasteiger partial charge in [-0.2, -0.15) is 5.10 Å². The fraction of sp³-hybridized carbons (Fsp3) is 0.438. The van der Waals surface area contributed by atoms with Crippen molar-refractivity contribution in [3.05, 3.63) is 47.8 Å². The number of nitrogens with zero attached hydrogens (tertiary/aromatic N) is 2. The molecule has 2 heterocycles. The van der Waals surface area contributed by atoms with Gasteiger partial charge in [0.15, 0.2) is 0 Å². The molecule has 1 aromatic heterocycles. The zero-order chi connectivity index (χ0) is 13.9. The van der Waals surface area contributed by atoms with E-state index in [0.717, 1.165) is 25.3 Å². The van der Waals surface area contributed by atoms with Crippen LogP contribution < -0.4 is 10.1 Å². The molecule has 4 nitrogen and oxygen atoms in total. The Morgan fingerprint density at radius 3 is 3.00 bits per heavy atom. The second-order valence-corrected chi connectivity index (χ2v) is 5.45. The van der Waals surface area contributed by atoms with Crippen molar-refractivity contribution in [1.82, 2.24) is 15.1 Å². The number of benzene rings is 1. The molecular weight excluding hydrogens is 250 g/mol. The summed E-state index contributed by atoms with van der Waals surface area (Å²) in [7, 11) is 1.99. The lowest BCUT2D eigenvalue weighted by Crippen LogP contribution is -2.35. The number of aromatic nitrogens is 2. The molecule has 2 unspecified atom stereocenters. The highest BCUT2D eigenvalue weighted by molar-refractivity contribution is 5.37. The summed E-state index contributed by atoms with van der Waals surface area (Å²) in [5.41, 5.74) is 2.53. The number of nitrogens with one attached hydrogen (secondary N) is 1. The first-order valence-electron chi connectivity index (χ1n) is 7.17. The van der Waals surface area contributed by atoms with Gasteiger partial charge in [0.25, 0.3) is 0 Å². The summed E-state index contributed by atoms with van der Waals surface area (Å²) in [5.74, 6) is 1.50. The van der Waals surface area contributed by atoms with E-state index in [1.54, 1.807) is 0 Å². The summed E-state index contributed by atoms with van der Waals surface area (Å²) >= 11 is 0. The highest BCUT2D eigenvalue weighted by atomic mass is 16.5. The molecule has 20 heavy (non-hydrogen) atoms. The summed E-state index contributed by atoms with van der Waals surface area (Å²) in [6, 6.07) is 10.8. The molecule has 106 valence electrons. The lowest BCUT2D eigenvalue weighted by Gasteiger charge is -2.32. The average molecular weight is 271 g/mol. The summed E-state index contributed by atoms with van der Waals surface area (Å²) in [5, 5.41) is 7.87. The van der Waals surface area contributed by atoms with Crippen LogP contribution in [0.2, 0.25) is 0 Å². The number of hydrogen-bond donors (Lipinski definition) is 1. The maximum atomic E-state index is 5.78. The molecule has 0 spiro atoms. The Bertz CT molecular complexity index is 579. The van der Waals surface area contributed by atoms with Crippen LogP contribution in [0.1, 0.15) is 24.2 Å². The van der Waals surface area contributed by atoms with Gasteiger partial charge >= 0.3 is 0 Å². The minimum absolute atomic E-state index is 0.369. The van der Waals surface area contributed by atoms with Crippen molar-refractivity contribution in [2.24, 2.45) is 13.0 Å². The molecule has 0 radical (unpaired) electrons. The molecule has 3 rings (SSSR count). The first-order valence-corrected chi connectivity index (χ1v) is 7.17. The number of para-hydroxylation sites is 1. The fourth-order valence-electron chi connectivity index (χ4n) is 2.81. The van der Waals surface area contributed by atoms with Crippen molar-refractivity contribution in [1.29, 1.82) is 0 Å². The van der Waals surface area contributed by atoms with E-state index in [1.807, 2.05) is 24.0 Å². The van der Waals surface area contributed by atoms with Gasteiger partial charge in [0.1, 0.15) is 5.75 Å². The number of fused-ring (bicyclic) bond motifs is 1. The van der Waals surface area contributed by atoms with Crippen molar-refractivity contribution in [2.45, 2.75) is 19.4 Å². The largest absolute Gasteiger partial charge is 0.493 e. The summed E-state index contributed by atoms with van der Waals surface area (Å²) in [4.78, 5) is 0. The van der Waals surface area contributed by atoms with Gasteiger partial charge in [-0.25, -0.2) is 0 Å². The van der Waals surface area contributed by atoms with Crippen molar-refractivity contribution >= 4 is 0 Å². The van der Waals surface area contributed by atoms with Gasteiger partial charge in [0.05, 0.1) is 6.61 Å². The molecule has 4 heteroatoms. The maximum absolute atomic E-state index is 5.78. The fourth-order valence-corrected chi connectivity index (χ4v) is 2.81. The predicted molar refractivity (Wildman–Crippen MR) is 78.8 cm³/mol. The zero-order valence-electron chi connectivity index (χ0n) is 12.0. The van der Waals surface area contributed by atoms with E-state index in [0.29, 0.717) is 12.0 Å². The van der Waals surface area contributed by atoms with Crippen LogP contribution >= 0.6 is 0 Å². The summed E-state index contributed by atoms with van der Waals surface area (Å²) in [6.07, 6.45) is 2.84. The Morgan fingerprint density at radius 2 is 2.20 bits per heavy atom. The quantitative estimate of drug-likeness (QED) is 0.927.